The molecular weight excluding hydrogens is 241 g/mol. The summed E-state index contributed by atoms with van der Waals surface area (Å²) in [5.74, 6) is 0. The minimum absolute atomic E-state index is 0.136. The molecule has 0 aliphatic rings. The van der Waals surface area contributed by atoms with Gasteiger partial charge in [0.05, 0.1) is 0 Å². The summed E-state index contributed by atoms with van der Waals surface area (Å²) in [6.45, 7) is 0. The maximum atomic E-state index is 2.23. The van der Waals surface area contributed by atoms with E-state index >= 15 is 0 Å². The molecule has 0 aliphatic carbocycles. The van der Waals surface area contributed by atoms with Crippen LogP contribution in [0.15, 0.2) is 60.7 Å². The predicted octanol–water partition coefficient (Wildman–Crippen LogP) is 3.09. The zero-order chi connectivity index (χ0) is 10.3. The van der Waals surface area contributed by atoms with Crippen molar-refractivity contribution in [3.63, 3.8) is 0 Å². The van der Waals surface area contributed by atoms with E-state index in [4.69, 9.17) is 0 Å². The van der Waals surface area contributed by atoms with Gasteiger partial charge in [0, 0.05) is 0 Å². The van der Waals surface area contributed by atoms with Crippen molar-refractivity contribution in [2.24, 2.45) is 0 Å². The van der Waals surface area contributed by atoms with Gasteiger partial charge < -0.3 is 0 Å². The van der Waals surface area contributed by atoms with E-state index in [1.165, 1.54) is 21.6 Å². The van der Waals surface area contributed by atoms with Gasteiger partial charge in [0.15, 0.2) is 0 Å². The molecule has 0 saturated heterocycles. The molecule has 0 N–H and O–H groups in total. The second-order valence-electron chi connectivity index (χ2n) is 3.57. The molecule has 0 nitrogen and oxygen atoms in total. The van der Waals surface area contributed by atoms with Gasteiger partial charge in [0.1, 0.15) is 0 Å². The van der Waals surface area contributed by atoms with E-state index < -0.39 is 0 Å². The summed E-state index contributed by atoms with van der Waals surface area (Å²) in [6.07, 6.45) is 0. The van der Waals surface area contributed by atoms with Gasteiger partial charge in [-0.15, -0.1) is 0 Å². The topological polar surface area (TPSA) is 0 Å². The summed E-state index contributed by atoms with van der Waals surface area (Å²) in [7, 11) is 0. The summed E-state index contributed by atoms with van der Waals surface area (Å²) in [5, 5.41) is 2.60. The quantitative estimate of drug-likeness (QED) is 0.736. The van der Waals surface area contributed by atoms with Gasteiger partial charge in [-0.3, -0.25) is 0 Å². The van der Waals surface area contributed by atoms with E-state index in [1.54, 1.807) is 0 Å². The van der Waals surface area contributed by atoms with Crippen LogP contribution in [-0.4, -0.2) is 15.4 Å². The Kier molecular flexibility index (Phi) is 4.03. The minimum atomic E-state index is 0.136. The molecular formula is C14H14Ge. The van der Waals surface area contributed by atoms with E-state index in [0.29, 0.717) is 0 Å². The van der Waals surface area contributed by atoms with Crippen LogP contribution in [0.2, 0.25) is 0 Å². The van der Waals surface area contributed by atoms with Gasteiger partial charge in [-0.2, -0.15) is 0 Å². The molecule has 0 fully saturated rings. The van der Waals surface area contributed by atoms with Crippen molar-refractivity contribution < 1.29 is 0 Å². The first-order chi connectivity index (χ1) is 7.45. The molecule has 2 radical (unpaired) electrons. The Bertz CT molecular complexity index is 341. The number of hydrogen-bond donors (Lipinski definition) is 0. The molecule has 0 spiro atoms. The summed E-state index contributed by atoms with van der Waals surface area (Å²) >= 11 is 0.136. The summed E-state index contributed by atoms with van der Waals surface area (Å²) in [4.78, 5) is 0. The van der Waals surface area contributed by atoms with Crippen molar-refractivity contribution in [1.82, 2.24) is 0 Å². The molecule has 74 valence electrons. The Morgan fingerprint density at radius 2 is 1.00 bits per heavy atom. The summed E-state index contributed by atoms with van der Waals surface area (Å²) in [6, 6.07) is 21.6. The third-order valence-corrected chi connectivity index (χ3v) is 5.11. The SMILES string of the molecule is c1ccc([CH2][Ge][CH2]c2ccccc2)cc1. The first-order valence-corrected chi connectivity index (χ1v) is 8.20. The predicted molar refractivity (Wildman–Crippen MR) is 66.0 cm³/mol. The Morgan fingerprint density at radius 1 is 0.600 bits per heavy atom. The van der Waals surface area contributed by atoms with E-state index in [-0.39, 0.29) is 15.4 Å². The third-order valence-electron chi connectivity index (χ3n) is 2.34. The van der Waals surface area contributed by atoms with Crippen molar-refractivity contribution in [1.29, 1.82) is 0 Å². The normalized spacial score (nSPS) is 10.1. The molecule has 0 bridgehead atoms. The van der Waals surface area contributed by atoms with Gasteiger partial charge in [0.2, 0.25) is 0 Å². The average molecular weight is 255 g/mol. The van der Waals surface area contributed by atoms with Gasteiger partial charge in [-0.1, -0.05) is 0 Å². The maximum absolute atomic E-state index is 2.23. The third kappa shape index (κ3) is 3.56. The number of hydrogen-bond acceptors (Lipinski definition) is 0. The average Bonchev–Trinajstić information content (AvgIpc) is 2.32. The second kappa shape index (κ2) is 5.76. The Labute approximate surface area is 97.8 Å². The molecule has 0 aliphatic heterocycles. The molecule has 2 aromatic rings. The molecule has 2 aromatic carbocycles. The van der Waals surface area contributed by atoms with Crippen molar-refractivity contribution in [2.45, 2.75) is 10.5 Å². The number of rotatable bonds is 4. The molecule has 0 saturated carbocycles. The summed E-state index contributed by atoms with van der Waals surface area (Å²) < 4.78 is 0. The Hall–Kier alpha value is -1.02. The first-order valence-electron chi connectivity index (χ1n) is 5.24. The van der Waals surface area contributed by atoms with Crippen LogP contribution in [0.5, 0.6) is 0 Å². The molecule has 0 atom stereocenters. The molecule has 15 heavy (non-hydrogen) atoms. The van der Waals surface area contributed by atoms with Crippen molar-refractivity contribution in [3.05, 3.63) is 71.8 Å². The van der Waals surface area contributed by atoms with Crippen LogP contribution in [0.25, 0.3) is 0 Å². The van der Waals surface area contributed by atoms with Gasteiger partial charge >= 0.3 is 97.7 Å². The fourth-order valence-corrected chi connectivity index (χ4v) is 4.01. The Balaban J connectivity index is 1.81. The standard InChI is InChI=1S/C14H14Ge/c1-3-7-13(8-4-1)11-15-12-14-9-5-2-6-10-14/h1-10H,11-12H2. The van der Waals surface area contributed by atoms with Crippen molar-refractivity contribution in [2.75, 3.05) is 0 Å². The van der Waals surface area contributed by atoms with Crippen LogP contribution in [0.1, 0.15) is 11.1 Å². The van der Waals surface area contributed by atoms with Crippen LogP contribution in [0.3, 0.4) is 0 Å². The molecule has 0 heterocycles. The Morgan fingerprint density at radius 3 is 1.40 bits per heavy atom. The van der Waals surface area contributed by atoms with E-state index in [2.05, 4.69) is 60.7 Å². The molecule has 1 heteroatoms. The second-order valence-corrected chi connectivity index (χ2v) is 6.11. The summed E-state index contributed by atoms with van der Waals surface area (Å²) in [5.41, 5.74) is 2.99. The molecule has 0 amide bonds. The van der Waals surface area contributed by atoms with E-state index in [1.807, 2.05) is 0 Å². The van der Waals surface area contributed by atoms with Crippen LogP contribution in [-0.2, 0) is 10.5 Å². The number of benzene rings is 2. The van der Waals surface area contributed by atoms with Gasteiger partial charge in [0.25, 0.3) is 0 Å². The van der Waals surface area contributed by atoms with Crippen LogP contribution in [0, 0.1) is 0 Å². The van der Waals surface area contributed by atoms with E-state index in [9.17, 15) is 0 Å². The molecule has 2 rings (SSSR count). The van der Waals surface area contributed by atoms with Gasteiger partial charge in [-0.05, 0) is 0 Å². The zero-order valence-corrected chi connectivity index (χ0v) is 10.8. The molecule has 0 aromatic heterocycles. The van der Waals surface area contributed by atoms with Crippen molar-refractivity contribution in [3.8, 4) is 0 Å². The van der Waals surface area contributed by atoms with Crippen LogP contribution in [0.4, 0.5) is 0 Å². The fourth-order valence-electron chi connectivity index (χ4n) is 1.54. The van der Waals surface area contributed by atoms with Crippen LogP contribution < -0.4 is 0 Å². The van der Waals surface area contributed by atoms with Crippen molar-refractivity contribution >= 4 is 15.4 Å². The van der Waals surface area contributed by atoms with Gasteiger partial charge in [-0.25, -0.2) is 0 Å². The molecule has 0 unspecified atom stereocenters. The first kappa shape index (κ1) is 10.5. The fraction of sp³-hybridized carbons (Fsp3) is 0.143. The zero-order valence-electron chi connectivity index (χ0n) is 8.69. The van der Waals surface area contributed by atoms with E-state index in [0.717, 1.165) is 0 Å². The van der Waals surface area contributed by atoms with Crippen LogP contribution >= 0.6 is 0 Å². The monoisotopic (exact) mass is 256 g/mol.